The van der Waals surface area contributed by atoms with Gasteiger partial charge in [-0.05, 0) is 48.0 Å². The Bertz CT molecular complexity index is 1200. The van der Waals surface area contributed by atoms with Crippen LogP contribution in [-0.4, -0.2) is 42.8 Å². The SMILES string of the molecule is COC(=O)[C@]1(Cc2ccc(Br)cc2)N=C(c2ccc(OCCCO)cc2)O[C@@H]1c1ccccc1Br. The number of nitrogens with zero attached hydrogens (tertiary/aromatic N) is 1. The monoisotopic (exact) mass is 601 g/mol. The molecule has 1 heterocycles. The number of hydrogen-bond acceptors (Lipinski definition) is 6. The van der Waals surface area contributed by atoms with Gasteiger partial charge in [0.15, 0.2) is 6.10 Å². The average Bonchev–Trinajstić information content (AvgIpc) is 3.26. The van der Waals surface area contributed by atoms with Gasteiger partial charge in [-0.3, -0.25) is 0 Å². The number of aliphatic imine (C=N–C) groups is 1. The predicted molar refractivity (Wildman–Crippen MR) is 141 cm³/mol. The lowest BCUT2D eigenvalue weighted by Crippen LogP contribution is -2.44. The van der Waals surface area contributed by atoms with Gasteiger partial charge in [0.25, 0.3) is 0 Å². The number of aliphatic hydroxyl groups is 1. The number of rotatable bonds is 9. The third-order valence-corrected chi connectivity index (χ3v) is 7.00. The molecule has 0 aliphatic carbocycles. The van der Waals surface area contributed by atoms with Gasteiger partial charge in [0.1, 0.15) is 5.75 Å². The van der Waals surface area contributed by atoms with Gasteiger partial charge >= 0.3 is 5.97 Å². The van der Waals surface area contributed by atoms with Crippen LogP contribution in [-0.2, 0) is 20.7 Å². The normalized spacial score (nSPS) is 19.1. The van der Waals surface area contributed by atoms with E-state index in [2.05, 4.69) is 31.9 Å². The predicted octanol–water partition coefficient (Wildman–Crippen LogP) is 5.65. The zero-order valence-corrected chi connectivity index (χ0v) is 22.3. The van der Waals surface area contributed by atoms with E-state index >= 15 is 0 Å². The van der Waals surface area contributed by atoms with Crippen molar-refractivity contribution in [2.45, 2.75) is 24.5 Å². The van der Waals surface area contributed by atoms with Crippen LogP contribution >= 0.6 is 31.9 Å². The van der Waals surface area contributed by atoms with Crippen molar-refractivity contribution in [1.29, 1.82) is 0 Å². The fourth-order valence-electron chi connectivity index (χ4n) is 4.01. The Hall–Kier alpha value is -2.68. The number of carbonyl (C=O) groups excluding carboxylic acids is 1. The maximum absolute atomic E-state index is 13.4. The van der Waals surface area contributed by atoms with Crippen LogP contribution in [0.5, 0.6) is 5.75 Å². The molecular formula is C27H25Br2NO5. The zero-order valence-electron chi connectivity index (χ0n) is 19.1. The summed E-state index contributed by atoms with van der Waals surface area (Å²) in [6.07, 6.45) is 0.151. The molecule has 1 aliphatic heterocycles. The van der Waals surface area contributed by atoms with Gasteiger partial charge in [0, 0.05) is 39.5 Å². The van der Waals surface area contributed by atoms with Crippen molar-refractivity contribution < 1.29 is 24.1 Å². The van der Waals surface area contributed by atoms with Crippen LogP contribution < -0.4 is 4.74 Å². The second kappa shape index (κ2) is 11.4. The first kappa shape index (κ1) is 25.4. The van der Waals surface area contributed by atoms with Gasteiger partial charge < -0.3 is 19.3 Å². The first-order chi connectivity index (χ1) is 17.0. The summed E-state index contributed by atoms with van der Waals surface area (Å²) in [5.41, 5.74) is 1.13. The molecule has 8 heteroatoms. The third kappa shape index (κ3) is 5.60. The van der Waals surface area contributed by atoms with E-state index in [9.17, 15) is 4.79 Å². The molecule has 0 radical (unpaired) electrons. The Kier molecular flexibility index (Phi) is 8.26. The standard InChI is InChI=1S/C27H25Br2NO5/c1-33-26(32)27(17-18-7-11-20(28)12-8-18)24(22-5-2-3-6-23(22)29)35-25(30-27)19-9-13-21(14-10-19)34-16-4-15-31/h2-3,5-14,24,31H,4,15-17H2,1H3/t24-,27-/m1/s1. The van der Waals surface area contributed by atoms with Crippen molar-refractivity contribution in [3.05, 3.63) is 98.4 Å². The Balaban J connectivity index is 1.76. The van der Waals surface area contributed by atoms with E-state index in [1.807, 2.05) is 72.8 Å². The van der Waals surface area contributed by atoms with E-state index in [-0.39, 0.29) is 6.61 Å². The van der Waals surface area contributed by atoms with E-state index < -0.39 is 17.6 Å². The summed E-state index contributed by atoms with van der Waals surface area (Å²) < 4.78 is 19.1. The molecule has 1 aliphatic rings. The Morgan fingerprint density at radius 2 is 1.77 bits per heavy atom. The van der Waals surface area contributed by atoms with Crippen LogP contribution in [0.25, 0.3) is 0 Å². The lowest BCUT2D eigenvalue weighted by Gasteiger charge is -2.29. The zero-order chi connectivity index (χ0) is 24.8. The molecule has 3 aromatic carbocycles. The maximum atomic E-state index is 13.4. The minimum absolute atomic E-state index is 0.0765. The van der Waals surface area contributed by atoms with E-state index in [1.165, 1.54) is 7.11 Å². The molecular weight excluding hydrogens is 578 g/mol. The molecule has 0 saturated heterocycles. The number of esters is 1. The van der Waals surface area contributed by atoms with Crippen molar-refractivity contribution in [2.24, 2.45) is 4.99 Å². The van der Waals surface area contributed by atoms with Gasteiger partial charge in [-0.1, -0.05) is 62.2 Å². The minimum Gasteiger partial charge on any atom is -0.494 e. The first-order valence-electron chi connectivity index (χ1n) is 11.1. The van der Waals surface area contributed by atoms with E-state index in [0.29, 0.717) is 31.1 Å². The Morgan fingerprint density at radius 3 is 2.43 bits per heavy atom. The van der Waals surface area contributed by atoms with Crippen LogP contribution in [0.3, 0.4) is 0 Å². The maximum Gasteiger partial charge on any atom is 0.338 e. The van der Waals surface area contributed by atoms with Crippen LogP contribution in [0.2, 0.25) is 0 Å². The van der Waals surface area contributed by atoms with Crippen molar-refractivity contribution in [3.63, 3.8) is 0 Å². The van der Waals surface area contributed by atoms with Gasteiger partial charge in [-0.15, -0.1) is 0 Å². The summed E-state index contributed by atoms with van der Waals surface area (Å²) in [4.78, 5) is 18.3. The van der Waals surface area contributed by atoms with Crippen molar-refractivity contribution in [2.75, 3.05) is 20.3 Å². The smallest absolute Gasteiger partial charge is 0.338 e. The highest BCUT2D eigenvalue weighted by Crippen LogP contribution is 2.45. The van der Waals surface area contributed by atoms with Crippen molar-refractivity contribution >= 4 is 43.7 Å². The molecule has 35 heavy (non-hydrogen) atoms. The number of aliphatic hydroxyl groups excluding tert-OH is 1. The van der Waals surface area contributed by atoms with Gasteiger partial charge in [0.2, 0.25) is 11.4 Å². The second-order valence-electron chi connectivity index (χ2n) is 8.11. The van der Waals surface area contributed by atoms with Crippen LogP contribution in [0, 0.1) is 0 Å². The quantitative estimate of drug-likeness (QED) is 0.253. The average molecular weight is 603 g/mol. The summed E-state index contributed by atoms with van der Waals surface area (Å²) in [6, 6.07) is 22.8. The lowest BCUT2D eigenvalue weighted by atomic mass is 9.83. The number of hydrogen-bond donors (Lipinski definition) is 1. The molecule has 0 fully saturated rings. The van der Waals surface area contributed by atoms with Crippen LogP contribution in [0.4, 0.5) is 0 Å². The van der Waals surface area contributed by atoms with Gasteiger partial charge in [-0.25, -0.2) is 9.79 Å². The van der Waals surface area contributed by atoms with Crippen molar-refractivity contribution in [3.8, 4) is 5.75 Å². The molecule has 6 nitrogen and oxygen atoms in total. The molecule has 4 rings (SSSR count). The number of carbonyl (C=O) groups is 1. The van der Waals surface area contributed by atoms with E-state index in [4.69, 9.17) is 24.3 Å². The highest BCUT2D eigenvalue weighted by atomic mass is 79.9. The summed E-state index contributed by atoms with van der Waals surface area (Å²) in [6.45, 7) is 0.503. The Labute approximate surface area is 221 Å². The third-order valence-electron chi connectivity index (χ3n) is 5.75. The molecule has 0 bridgehead atoms. The number of halogens is 2. The fourth-order valence-corrected chi connectivity index (χ4v) is 4.77. The van der Waals surface area contributed by atoms with Gasteiger partial charge in [-0.2, -0.15) is 0 Å². The first-order valence-corrected chi connectivity index (χ1v) is 12.7. The van der Waals surface area contributed by atoms with Crippen molar-refractivity contribution in [1.82, 2.24) is 0 Å². The second-order valence-corrected chi connectivity index (χ2v) is 9.88. The Morgan fingerprint density at radius 1 is 1.06 bits per heavy atom. The molecule has 1 N–H and O–H groups in total. The molecule has 0 amide bonds. The molecule has 0 spiro atoms. The number of benzene rings is 3. The topological polar surface area (TPSA) is 77.4 Å². The van der Waals surface area contributed by atoms with E-state index in [0.717, 1.165) is 25.6 Å². The highest BCUT2D eigenvalue weighted by molar-refractivity contribution is 9.10. The van der Waals surface area contributed by atoms with Crippen LogP contribution in [0.1, 0.15) is 29.2 Å². The molecule has 2 atom stereocenters. The highest BCUT2D eigenvalue weighted by Gasteiger charge is 2.54. The summed E-state index contributed by atoms with van der Waals surface area (Å²) in [5.74, 6) is 0.563. The molecule has 0 saturated carbocycles. The molecule has 0 aromatic heterocycles. The van der Waals surface area contributed by atoms with E-state index in [1.54, 1.807) is 0 Å². The molecule has 3 aromatic rings. The molecule has 0 unspecified atom stereocenters. The largest absolute Gasteiger partial charge is 0.494 e. The minimum atomic E-state index is -1.32. The fraction of sp³-hybridized carbons (Fsp3) is 0.259. The summed E-state index contributed by atoms with van der Waals surface area (Å²) >= 11 is 7.08. The summed E-state index contributed by atoms with van der Waals surface area (Å²) in [7, 11) is 1.37. The van der Waals surface area contributed by atoms with Crippen LogP contribution in [0.15, 0.2) is 86.7 Å². The number of ether oxygens (including phenoxy) is 3. The lowest BCUT2D eigenvalue weighted by molar-refractivity contribution is -0.150. The van der Waals surface area contributed by atoms with Gasteiger partial charge in [0.05, 0.1) is 13.7 Å². The molecule has 182 valence electrons. The number of methoxy groups -OCH3 is 1. The summed E-state index contributed by atoms with van der Waals surface area (Å²) in [5, 5.41) is 8.95.